The Balaban J connectivity index is 1.93. The first-order chi connectivity index (χ1) is 8.15. The minimum absolute atomic E-state index is 0.00308. The van der Waals surface area contributed by atoms with Gasteiger partial charge in [0.2, 0.25) is 5.91 Å². The molecule has 5 heteroatoms. The first-order valence-corrected chi connectivity index (χ1v) is 5.61. The second kappa shape index (κ2) is 5.14. The number of carbonyl (C=O) groups excluding carboxylic acids is 1. The minimum Gasteiger partial charge on any atom is -0.397 e. The van der Waals surface area contributed by atoms with Crippen LogP contribution in [0.15, 0.2) is 18.2 Å². The van der Waals surface area contributed by atoms with Gasteiger partial charge in [-0.1, -0.05) is 0 Å². The number of nitrogens with one attached hydrogen (secondary N) is 1. The van der Waals surface area contributed by atoms with Crippen molar-refractivity contribution >= 4 is 17.3 Å². The third-order valence-corrected chi connectivity index (χ3v) is 2.72. The van der Waals surface area contributed by atoms with Gasteiger partial charge in [0.25, 0.3) is 0 Å². The van der Waals surface area contributed by atoms with E-state index in [0.717, 1.165) is 19.4 Å². The van der Waals surface area contributed by atoms with Gasteiger partial charge in [0.15, 0.2) is 0 Å². The van der Waals surface area contributed by atoms with Crippen molar-refractivity contribution in [2.75, 3.05) is 17.7 Å². The van der Waals surface area contributed by atoms with Crippen molar-refractivity contribution in [2.45, 2.75) is 25.4 Å². The van der Waals surface area contributed by atoms with Gasteiger partial charge in [-0.05, 0) is 31.0 Å². The molecule has 1 atom stereocenters. The van der Waals surface area contributed by atoms with Crippen LogP contribution in [-0.4, -0.2) is 18.6 Å². The molecule has 0 spiro atoms. The summed E-state index contributed by atoms with van der Waals surface area (Å²) < 4.78 is 18.2. The molecule has 0 bridgehead atoms. The van der Waals surface area contributed by atoms with Crippen LogP contribution in [0.2, 0.25) is 0 Å². The van der Waals surface area contributed by atoms with Gasteiger partial charge < -0.3 is 15.8 Å². The number of ether oxygens (including phenoxy) is 1. The zero-order valence-corrected chi connectivity index (χ0v) is 9.41. The number of anilines is 2. The first kappa shape index (κ1) is 11.9. The molecule has 1 amide bonds. The van der Waals surface area contributed by atoms with Crippen LogP contribution in [0.1, 0.15) is 19.3 Å². The van der Waals surface area contributed by atoms with Crippen LogP contribution in [0, 0.1) is 5.82 Å². The Bertz CT molecular complexity index is 417. The van der Waals surface area contributed by atoms with Gasteiger partial charge in [-0.3, -0.25) is 4.79 Å². The van der Waals surface area contributed by atoms with E-state index < -0.39 is 5.82 Å². The summed E-state index contributed by atoms with van der Waals surface area (Å²) in [5, 5.41) is 2.65. The number of hydrogen-bond donors (Lipinski definition) is 2. The van der Waals surface area contributed by atoms with Crippen molar-refractivity contribution in [3.05, 3.63) is 24.0 Å². The molecule has 1 heterocycles. The Morgan fingerprint density at radius 1 is 1.59 bits per heavy atom. The van der Waals surface area contributed by atoms with Crippen LogP contribution in [0.4, 0.5) is 15.8 Å². The number of benzene rings is 1. The van der Waals surface area contributed by atoms with Gasteiger partial charge in [-0.15, -0.1) is 0 Å². The fourth-order valence-corrected chi connectivity index (χ4v) is 1.86. The first-order valence-electron chi connectivity index (χ1n) is 5.61. The Kier molecular flexibility index (Phi) is 3.58. The minimum atomic E-state index is -0.417. The molecular formula is C12H15FN2O2. The van der Waals surface area contributed by atoms with E-state index in [2.05, 4.69) is 5.32 Å². The monoisotopic (exact) mass is 238 g/mol. The van der Waals surface area contributed by atoms with Gasteiger partial charge in [-0.2, -0.15) is 0 Å². The van der Waals surface area contributed by atoms with Crippen LogP contribution in [0.25, 0.3) is 0 Å². The molecule has 1 unspecified atom stereocenters. The number of amides is 1. The maximum Gasteiger partial charge on any atom is 0.227 e. The summed E-state index contributed by atoms with van der Waals surface area (Å²) in [5.74, 6) is -0.574. The quantitative estimate of drug-likeness (QED) is 0.791. The van der Waals surface area contributed by atoms with Crippen LogP contribution in [0.3, 0.4) is 0 Å². The van der Waals surface area contributed by atoms with Crippen LogP contribution < -0.4 is 11.1 Å². The molecule has 0 aliphatic carbocycles. The lowest BCUT2D eigenvalue weighted by atomic mass is 10.1. The van der Waals surface area contributed by atoms with E-state index in [4.69, 9.17) is 10.5 Å². The largest absolute Gasteiger partial charge is 0.397 e. The fourth-order valence-electron chi connectivity index (χ4n) is 1.86. The van der Waals surface area contributed by atoms with Gasteiger partial charge in [-0.25, -0.2) is 4.39 Å². The average molecular weight is 238 g/mol. The van der Waals surface area contributed by atoms with Crippen molar-refractivity contribution in [2.24, 2.45) is 0 Å². The maximum absolute atomic E-state index is 12.8. The number of halogens is 1. The lowest BCUT2D eigenvalue weighted by Gasteiger charge is -2.11. The van der Waals surface area contributed by atoms with Crippen molar-refractivity contribution < 1.29 is 13.9 Å². The molecule has 92 valence electrons. The van der Waals surface area contributed by atoms with Crippen LogP contribution >= 0.6 is 0 Å². The number of rotatable bonds is 3. The van der Waals surface area contributed by atoms with E-state index in [0.29, 0.717) is 12.1 Å². The summed E-state index contributed by atoms with van der Waals surface area (Å²) in [5.41, 5.74) is 6.26. The number of hydrogen-bond acceptors (Lipinski definition) is 3. The van der Waals surface area contributed by atoms with Crippen LogP contribution in [0.5, 0.6) is 0 Å². The molecule has 1 saturated heterocycles. The van der Waals surface area contributed by atoms with Crippen molar-refractivity contribution in [3.8, 4) is 0 Å². The van der Waals surface area contributed by atoms with E-state index in [1.807, 2.05) is 0 Å². The van der Waals surface area contributed by atoms with Crippen molar-refractivity contribution in [1.82, 2.24) is 0 Å². The fraction of sp³-hybridized carbons (Fsp3) is 0.417. The van der Waals surface area contributed by atoms with E-state index >= 15 is 0 Å². The number of carbonyl (C=O) groups is 1. The number of nitrogens with two attached hydrogens (primary N) is 1. The molecule has 1 aromatic rings. The van der Waals surface area contributed by atoms with Gasteiger partial charge >= 0.3 is 0 Å². The zero-order valence-electron chi connectivity index (χ0n) is 9.41. The second-order valence-corrected chi connectivity index (χ2v) is 4.12. The van der Waals surface area contributed by atoms with Crippen molar-refractivity contribution in [1.29, 1.82) is 0 Å². The van der Waals surface area contributed by atoms with Gasteiger partial charge in [0.05, 0.1) is 23.9 Å². The van der Waals surface area contributed by atoms with Crippen LogP contribution in [-0.2, 0) is 9.53 Å². The summed E-state index contributed by atoms with van der Waals surface area (Å²) >= 11 is 0. The van der Waals surface area contributed by atoms with E-state index in [1.165, 1.54) is 18.2 Å². The lowest BCUT2D eigenvalue weighted by molar-refractivity contribution is -0.118. The summed E-state index contributed by atoms with van der Waals surface area (Å²) in [6, 6.07) is 3.90. The number of nitrogen functional groups attached to an aromatic ring is 1. The Morgan fingerprint density at radius 3 is 3.06 bits per heavy atom. The highest BCUT2D eigenvalue weighted by Crippen LogP contribution is 2.21. The second-order valence-electron chi connectivity index (χ2n) is 4.12. The highest BCUT2D eigenvalue weighted by molar-refractivity contribution is 5.94. The molecule has 0 radical (unpaired) electrons. The van der Waals surface area contributed by atoms with Gasteiger partial charge in [0, 0.05) is 6.61 Å². The zero-order chi connectivity index (χ0) is 12.3. The summed E-state index contributed by atoms with van der Waals surface area (Å²) in [6.07, 6.45) is 2.22. The summed E-state index contributed by atoms with van der Waals surface area (Å²) in [6.45, 7) is 0.719. The molecule has 1 aliphatic heterocycles. The molecule has 1 aliphatic rings. The van der Waals surface area contributed by atoms with E-state index in [-0.39, 0.29) is 17.7 Å². The average Bonchev–Trinajstić information content (AvgIpc) is 2.75. The Hall–Kier alpha value is -1.62. The molecule has 3 N–H and O–H groups in total. The summed E-state index contributed by atoms with van der Waals surface area (Å²) in [7, 11) is 0. The molecule has 1 aromatic carbocycles. The SMILES string of the molecule is Nc1cc(F)ccc1NC(=O)CC1CCCO1. The van der Waals surface area contributed by atoms with Crippen molar-refractivity contribution in [3.63, 3.8) is 0 Å². The highest BCUT2D eigenvalue weighted by atomic mass is 19.1. The predicted molar refractivity (Wildman–Crippen MR) is 63.0 cm³/mol. The predicted octanol–water partition coefficient (Wildman–Crippen LogP) is 1.92. The topological polar surface area (TPSA) is 64.3 Å². The molecule has 0 saturated carbocycles. The lowest BCUT2D eigenvalue weighted by Crippen LogP contribution is -2.19. The van der Waals surface area contributed by atoms with Gasteiger partial charge in [0.1, 0.15) is 5.82 Å². The molecule has 17 heavy (non-hydrogen) atoms. The molecule has 1 fully saturated rings. The molecular weight excluding hydrogens is 223 g/mol. The summed E-state index contributed by atoms with van der Waals surface area (Å²) in [4.78, 5) is 11.7. The third-order valence-electron chi connectivity index (χ3n) is 2.72. The van der Waals surface area contributed by atoms with E-state index in [1.54, 1.807) is 0 Å². The maximum atomic E-state index is 12.8. The molecule has 2 rings (SSSR count). The standard InChI is InChI=1S/C12H15FN2O2/c13-8-3-4-11(10(14)6-8)15-12(16)7-9-2-1-5-17-9/h3-4,6,9H,1-2,5,7,14H2,(H,15,16). The Labute approximate surface area is 98.9 Å². The molecule has 4 nitrogen and oxygen atoms in total. The third kappa shape index (κ3) is 3.17. The smallest absolute Gasteiger partial charge is 0.227 e. The highest BCUT2D eigenvalue weighted by Gasteiger charge is 2.19. The van der Waals surface area contributed by atoms with E-state index in [9.17, 15) is 9.18 Å². The Morgan fingerprint density at radius 2 is 2.41 bits per heavy atom. The normalized spacial score (nSPS) is 19.2. The molecule has 0 aromatic heterocycles.